The van der Waals surface area contributed by atoms with Gasteiger partial charge in [0, 0.05) is 27.7 Å². The summed E-state index contributed by atoms with van der Waals surface area (Å²) in [5, 5.41) is 0.756. The molecular weight excluding hydrogens is 234 g/mol. The molecule has 3 heteroatoms. The van der Waals surface area contributed by atoms with E-state index in [0.29, 0.717) is 6.04 Å². The maximum Gasteiger partial charge on any atom is 0.0226 e. The van der Waals surface area contributed by atoms with Gasteiger partial charge >= 0.3 is 0 Å². The van der Waals surface area contributed by atoms with Gasteiger partial charge in [0.1, 0.15) is 0 Å². The van der Waals surface area contributed by atoms with E-state index in [9.17, 15) is 0 Å². The zero-order valence-corrected chi connectivity index (χ0v) is 11.3. The van der Waals surface area contributed by atoms with Gasteiger partial charge in [-0.2, -0.15) is 11.8 Å². The molecule has 1 aromatic carbocycles. The monoisotopic (exact) mass is 253 g/mol. The topological polar surface area (TPSA) is 26.0 Å². The van der Waals surface area contributed by atoms with Crippen LogP contribution in [0.1, 0.15) is 18.9 Å². The standard InChI is InChI=1S/C13H19NS2/c1-2-11(14)8-15-9-12-7-10-5-3-4-6-13(10)16-12/h3-6,11-12H,2,7-9,14H2,1H3. The molecule has 0 aliphatic carbocycles. The van der Waals surface area contributed by atoms with Gasteiger partial charge in [0.25, 0.3) is 0 Å². The average molecular weight is 253 g/mol. The van der Waals surface area contributed by atoms with Crippen molar-refractivity contribution in [3.05, 3.63) is 29.8 Å². The molecule has 1 nitrogen and oxygen atoms in total. The number of thioether (sulfide) groups is 2. The molecule has 0 fully saturated rings. The summed E-state index contributed by atoms with van der Waals surface area (Å²) in [7, 11) is 0. The fourth-order valence-electron chi connectivity index (χ4n) is 1.82. The van der Waals surface area contributed by atoms with E-state index in [1.165, 1.54) is 22.6 Å². The normalized spacial score (nSPS) is 20.8. The van der Waals surface area contributed by atoms with Crippen LogP contribution < -0.4 is 5.73 Å². The molecule has 2 rings (SSSR count). The first-order valence-corrected chi connectivity index (χ1v) is 7.91. The van der Waals surface area contributed by atoms with Crippen LogP contribution in [-0.2, 0) is 6.42 Å². The molecule has 0 saturated carbocycles. The number of hydrogen-bond acceptors (Lipinski definition) is 3. The third-order valence-electron chi connectivity index (χ3n) is 2.87. The highest BCUT2D eigenvalue weighted by molar-refractivity contribution is 8.03. The first kappa shape index (κ1) is 12.3. The molecule has 1 aliphatic rings. The molecule has 0 spiro atoms. The van der Waals surface area contributed by atoms with Gasteiger partial charge in [0.15, 0.2) is 0 Å². The Morgan fingerprint density at radius 1 is 1.50 bits per heavy atom. The highest BCUT2D eigenvalue weighted by Gasteiger charge is 2.21. The van der Waals surface area contributed by atoms with E-state index in [-0.39, 0.29) is 0 Å². The van der Waals surface area contributed by atoms with Crippen LogP contribution in [0.4, 0.5) is 0 Å². The van der Waals surface area contributed by atoms with Crippen molar-refractivity contribution in [3.63, 3.8) is 0 Å². The quantitative estimate of drug-likeness (QED) is 0.873. The average Bonchev–Trinajstić information content (AvgIpc) is 2.71. The van der Waals surface area contributed by atoms with E-state index < -0.39 is 0 Å². The van der Waals surface area contributed by atoms with Crippen LogP contribution in [0.5, 0.6) is 0 Å². The summed E-state index contributed by atoms with van der Waals surface area (Å²) in [6.07, 6.45) is 2.32. The van der Waals surface area contributed by atoms with Crippen molar-refractivity contribution in [2.75, 3.05) is 11.5 Å². The Morgan fingerprint density at radius 2 is 2.31 bits per heavy atom. The van der Waals surface area contributed by atoms with Crippen LogP contribution in [0.25, 0.3) is 0 Å². The van der Waals surface area contributed by atoms with Crippen LogP contribution in [0.2, 0.25) is 0 Å². The number of rotatable bonds is 5. The predicted octanol–water partition coefficient (Wildman–Crippen LogP) is 3.17. The Kier molecular flexibility index (Phi) is 4.62. The summed E-state index contributed by atoms with van der Waals surface area (Å²) in [4.78, 5) is 1.48. The second-order valence-corrected chi connectivity index (χ2v) is 6.67. The first-order valence-electron chi connectivity index (χ1n) is 5.87. The second-order valence-electron chi connectivity index (χ2n) is 4.26. The van der Waals surface area contributed by atoms with Crippen molar-refractivity contribution in [1.82, 2.24) is 0 Å². The summed E-state index contributed by atoms with van der Waals surface area (Å²) in [6.45, 7) is 2.16. The highest BCUT2D eigenvalue weighted by Crippen LogP contribution is 2.38. The van der Waals surface area contributed by atoms with Crippen molar-refractivity contribution in [2.45, 2.75) is 36.0 Å². The summed E-state index contributed by atoms with van der Waals surface area (Å²) in [5.74, 6) is 2.33. The molecule has 1 aliphatic heterocycles. The minimum absolute atomic E-state index is 0.374. The summed E-state index contributed by atoms with van der Waals surface area (Å²) in [6, 6.07) is 9.14. The second kappa shape index (κ2) is 5.99. The van der Waals surface area contributed by atoms with Crippen molar-refractivity contribution in [2.24, 2.45) is 5.73 Å². The Labute approximate surface area is 107 Å². The van der Waals surface area contributed by atoms with Crippen LogP contribution in [0.3, 0.4) is 0 Å². The van der Waals surface area contributed by atoms with Gasteiger partial charge < -0.3 is 5.73 Å². The van der Waals surface area contributed by atoms with Crippen LogP contribution in [0, 0.1) is 0 Å². The lowest BCUT2D eigenvalue weighted by Crippen LogP contribution is -2.22. The van der Waals surface area contributed by atoms with E-state index in [1.54, 1.807) is 0 Å². The number of hydrogen-bond donors (Lipinski definition) is 1. The van der Waals surface area contributed by atoms with Gasteiger partial charge in [0.2, 0.25) is 0 Å². The molecule has 2 atom stereocenters. The lowest BCUT2D eigenvalue weighted by atomic mass is 10.1. The third-order valence-corrected chi connectivity index (χ3v) is 5.71. The summed E-state index contributed by atoms with van der Waals surface area (Å²) in [5.41, 5.74) is 7.44. The van der Waals surface area contributed by atoms with Gasteiger partial charge in [-0.15, -0.1) is 11.8 Å². The molecule has 0 amide bonds. The SMILES string of the molecule is CCC(N)CSCC1Cc2ccccc2S1. The largest absolute Gasteiger partial charge is 0.327 e. The Morgan fingerprint density at radius 3 is 3.06 bits per heavy atom. The zero-order valence-electron chi connectivity index (χ0n) is 9.69. The van der Waals surface area contributed by atoms with Crippen molar-refractivity contribution < 1.29 is 0 Å². The Hall–Kier alpha value is -0.120. The van der Waals surface area contributed by atoms with Crippen molar-refractivity contribution in [3.8, 4) is 0 Å². The van der Waals surface area contributed by atoms with E-state index >= 15 is 0 Å². The van der Waals surface area contributed by atoms with Crippen molar-refractivity contribution >= 4 is 23.5 Å². The molecule has 1 heterocycles. The molecule has 2 N–H and O–H groups in total. The molecule has 88 valence electrons. The Bertz CT molecular complexity index is 315. The summed E-state index contributed by atoms with van der Waals surface area (Å²) < 4.78 is 0. The third kappa shape index (κ3) is 3.19. The van der Waals surface area contributed by atoms with Crippen LogP contribution in [-0.4, -0.2) is 22.8 Å². The highest BCUT2D eigenvalue weighted by atomic mass is 32.2. The van der Waals surface area contributed by atoms with Crippen LogP contribution in [0.15, 0.2) is 29.2 Å². The molecule has 0 saturated heterocycles. The molecule has 16 heavy (non-hydrogen) atoms. The lowest BCUT2D eigenvalue weighted by molar-refractivity contribution is 0.724. The molecule has 0 radical (unpaired) electrons. The minimum atomic E-state index is 0.374. The fourth-order valence-corrected chi connectivity index (χ4v) is 4.51. The number of fused-ring (bicyclic) bond motifs is 1. The van der Waals surface area contributed by atoms with Crippen LogP contribution >= 0.6 is 23.5 Å². The molecule has 0 aromatic heterocycles. The minimum Gasteiger partial charge on any atom is -0.327 e. The molecule has 0 bridgehead atoms. The lowest BCUT2D eigenvalue weighted by Gasteiger charge is -2.11. The first-order chi connectivity index (χ1) is 7.79. The number of nitrogens with two attached hydrogens (primary N) is 1. The maximum atomic E-state index is 5.91. The molecule has 2 unspecified atom stereocenters. The molecule has 1 aromatic rings. The van der Waals surface area contributed by atoms with Gasteiger partial charge in [-0.1, -0.05) is 25.1 Å². The molecular formula is C13H19NS2. The van der Waals surface area contributed by atoms with E-state index in [1.807, 2.05) is 23.5 Å². The van der Waals surface area contributed by atoms with Gasteiger partial charge in [-0.25, -0.2) is 0 Å². The smallest absolute Gasteiger partial charge is 0.0226 e. The predicted molar refractivity (Wildman–Crippen MR) is 75.4 cm³/mol. The Balaban J connectivity index is 1.75. The van der Waals surface area contributed by atoms with E-state index in [2.05, 4.69) is 31.2 Å². The van der Waals surface area contributed by atoms with Crippen molar-refractivity contribution in [1.29, 1.82) is 0 Å². The van der Waals surface area contributed by atoms with Gasteiger partial charge in [-0.3, -0.25) is 0 Å². The van der Waals surface area contributed by atoms with E-state index in [4.69, 9.17) is 5.73 Å². The zero-order chi connectivity index (χ0) is 11.4. The number of benzene rings is 1. The van der Waals surface area contributed by atoms with E-state index in [0.717, 1.165) is 17.4 Å². The van der Waals surface area contributed by atoms with Gasteiger partial charge in [0.05, 0.1) is 0 Å². The van der Waals surface area contributed by atoms with Gasteiger partial charge in [-0.05, 0) is 24.5 Å². The summed E-state index contributed by atoms with van der Waals surface area (Å²) >= 11 is 4.04. The fraction of sp³-hybridized carbons (Fsp3) is 0.538. The maximum absolute atomic E-state index is 5.91.